The van der Waals surface area contributed by atoms with Crippen molar-refractivity contribution in [1.29, 1.82) is 0 Å². The first-order valence-corrected chi connectivity index (χ1v) is 15.4. The second kappa shape index (κ2) is 11.8. The molecule has 2 aromatic heterocycles. The van der Waals surface area contributed by atoms with Crippen molar-refractivity contribution in [2.75, 3.05) is 31.1 Å². The van der Waals surface area contributed by atoms with Crippen LogP contribution in [0, 0.1) is 16.4 Å². The van der Waals surface area contributed by atoms with Crippen molar-refractivity contribution in [3.05, 3.63) is 105 Å². The third-order valence-corrected chi connectivity index (χ3v) is 9.03. The van der Waals surface area contributed by atoms with E-state index in [-0.39, 0.29) is 28.6 Å². The second-order valence-electron chi connectivity index (χ2n) is 11.8. The molecule has 3 heterocycles. The highest BCUT2D eigenvalue weighted by molar-refractivity contribution is 7.71. The molecule has 236 valence electrons. The molecule has 2 N–H and O–H groups in total. The van der Waals surface area contributed by atoms with Crippen LogP contribution in [0.25, 0.3) is 22.3 Å². The van der Waals surface area contributed by atoms with Gasteiger partial charge in [-0.3, -0.25) is 14.3 Å². The Morgan fingerprint density at radius 1 is 1.00 bits per heavy atom. The van der Waals surface area contributed by atoms with Gasteiger partial charge in [0.2, 0.25) is 5.43 Å². The number of rotatable bonds is 8. The number of carboxylic acids is 1. The third-order valence-electron chi connectivity index (χ3n) is 8.60. The first kappa shape index (κ1) is 29.8. The SMILES string of the molecule is O=C(O)c1cn(C2CC2)c2cc(N3CCN(Cn4nc(-c5cccc(O)c5)n(Cc5ccc(F)cc5)c4=S)CC3)c(F)cc2c1=O. The zero-order valence-electron chi connectivity index (χ0n) is 24.6. The number of aromatic nitrogens is 4. The van der Waals surface area contributed by atoms with Crippen molar-refractivity contribution in [2.45, 2.75) is 32.1 Å². The van der Waals surface area contributed by atoms with Crippen LogP contribution in [0.3, 0.4) is 0 Å². The molecule has 7 rings (SSSR count). The Morgan fingerprint density at radius 3 is 2.41 bits per heavy atom. The van der Waals surface area contributed by atoms with Crippen LogP contribution in [0.5, 0.6) is 5.75 Å². The van der Waals surface area contributed by atoms with Gasteiger partial charge in [-0.15, -0.1) is 0 Å². The quantitative estimate of drug-likeness (QED) is 0.221. The fraction of sp³-hybridized carbons (Fsp3) is 0.273. The predicted octanol–water partition coefficient (Wildman–Crippen LogP) is 5.24. The number of hydrogen-bond acceptors (Lipinski definition) is 7. The van der Waals surface area contributed by atoms with Gasteiger partial charge < -0.3 is 19.7 Å². The molecule has 2 aliphatic rings. The molecule has 1 aliphatic carbocycles. The monoisotopic (exact) mass is 644 g/mol. The maximum Gasteiger partial charge on any atom is 0.341 e. The molecule has 46 heavy (non-hydrogen) atoms. The van der Waals surface area contributed by atoms with E-state index < -0.39 is 17.2 Å². The van der Waals surface area contributed by atoms with Crippen LogP contribution in [0.2, 0.25) is 0 Å². The smallest absolute Gasteiger partial charge is 0.341 e. The number of hydrogen-bond donors (Lipinski definition) is 2. The number of halogens is 2. The number of anilines is 1. The second-order valence-corrected chi connectivity index (χ2v) is 12.1. The molecule has 13 heteroatoms. The van der Waals surface area contributed by atoms with Crippen molar-refractivity contribution in [3.63, 3.8) is 0 Å². The van der Waals surface area contributed by atoms with Gasteiger partial charge in [-0.05, 0) is 67.0 Å². The van der Waals surface area contributed by atoms with E-state index in [0.29, 0.717) is 66.8 Å². The normalized spacial score (nSPS) is 15.5. The highest BCUT2D eigenvalue weighted by atomic mass is 32.1. The Bertz CT molecular complexity index is 2100. The molecule has 0 bridgehead atoms. The molecule has 0 unspecified atom stereocenters. The maximum absolute atomic E-state index is 15.5. The number of fused-ring (bicyclic) bond motifs is 1. The van der Waals surface area contributed by atoms with Gasteiger partial charge in [0.1, 0.15) is 22.9 Å². The molecule has 1 aliphatic heterocycles. The average molecular weight is 645 g/mol. The van der Waals surface area contributed by atoms with Crippen molar-refractivity contribution in [2.24, 2.45) is 0 Å². The Morgan fingerprint density at radius 2 is 1.74 bits per heavy atom. The van der Waals surface area contributed by atoms with E-state index in [9.17, 15) is 24.2 Å². The molecule has 10 nitrogen and oxygen atoms in total. The summed E-state index contributed by atoms with van der Waals surface area (Å²) in [5.41, 5.74) is 1.39. The van der Waals surface area contributed by atoms with E-state index in [1.807, 2.05) is 15.5 Å². The number of carboxylic acid groups (broad SMARTS) is 1. The highest BCUT2D eigenvalue weighted by Crippen LogP contribution is 2.38. The standard InChI is InChI=1S/C33H30F2N6O4S/c34-22-6-4-20(5-7-22)17-40-31(21-2-1-3-24(42)14-21)36-41(33(40)46)19-37-10-12-38(13-11-37)29-16-28-25(15-27(29)35)30(43)26(32(44)45)18-39(28)23-8-9-23/h1-7,14-16,18,23,42H,8-13,17,19H2,(H,44,45). The summed E-state index contributed by atoms with van der Waals surface area (Å²) in [4.78, 5) is 28.6. The Hall–Kier alpha value is -4.88. The van der Waals surface area contributed by atoms with E-state index in [0.717, 1.165) is 18.4 Å². The lowest BCUT2D eigenvalue weighted by molar-refractivity contribution is 0.0694. The molecule has 2 fully saturated rings. The Labute approximate surface area is 267 Å². The first-order valence-electron chi connectivity index (χ1n) is 15.0. The zero-order chi connectivity index (χ0) is 32.1. The maximum atomic E-state index is 15.5. The van der Waals surface area contributed by atoms with Crippen molar-refractivity contribution in [1.82, 2.24) is 23.8 Å². The summed E-state index contributed by atoms with van der Waals surface area (Å²) in [6.07, 6.45) is 3.13. The van der Waals surface area contributed by atoms with Crippen molar-refractivity contribution >= 4 is 34.8 Å². The number of phenolic OH excluding ortho intramolecular Hbond substituents is 1. The molecule has 0 radical (unpaired) electrons. The van der Waals surface area contributed by atoms with Gasteiger partial charge in [0, 0.05) is 49.4 Å². The van der Waals surface area contributed by atoms with E-state index >= 15 is 4.39 Å². The zero-order valence-corrected chi connectivity index (χ0v) is 25.5. The summed E-state index contributed by atoms with van der Waals surface area (Å²) in [5, 5.41) is 24.5. The van der Waals surface area contributed by atoms with Crippen molar-refractivity contribution in [3.8, 4) is 17.1 Å². The van der Waals surface area contributed by atoms with Crippen LogP contribution in [-0.4, -0.2) is 66.2 Å². The molecule has 1 saturated heterocycles. The average Bonchev–Trinajstić information content (AvgIpc) is 3.84. The van der Waals surface area contributed by atoms with Crippen LogP contribution in [0.1, 0.15) is 34.8 Å². The van der Waals surface area contributed by atoms with E-state index in [1.165, 1.54) is 24.4 Å². The molecule has 5 aromatic rings. The number of piperazine rings is 1. The van der Waals surface area contributed by atoms with Crippen LogP contribution >= 0.6 is 12.2 Å². The van der Waals surface area contributed by atoms with Gasteiger partial charge >= 0.3 is 5.97 Å². The first-order chi connectivity index (χ1) is 22.2. The summed E-state index contributed by atoms with van der Waals surface area (Å²) in [6.45, 7) is 2.92. The predicted molar refractivity (Wildman–Crippen MR) is 171 cm³/mol. The molecular formula is C33H30F2N6O4S. The summed E-state index contributed by atoms with van der Waals surface area (Å²) in [6, 6.07) is 15.9. The fourth-order valence-electron chi connectivity index (χ4n) is 6.03. The Balaban J connectivity index is 1.13. The summed E-state index contributed by atoms with van der Waals surface area (Å²) < 4.78 is 34.9. The number of aromatic carboxylic acids is 1. The topological polar surface area (TPSA) is 109 Å². The number of benzene rings is 3. The third kappa shape index (κ3) is 5.67. The number of carbonyl (C=O) groups is 1. The molecule has 1 saturated carbocycles. The summed E-state index contributed by atoms with van der Waals surface area (Å²) >= 11 is 5.85. The van der Waals surface area contributed by atoms with Gasteiger partial charge in [-0.25, -0.2) is 18.3 Å². The van der Waals surface area contributed by atoms with Crippen LogP contribution < -0.4 is 10.3 Å². The number of aromatic hydroxyl groups is 1. The van der Waals surface area contributed by atoms with Gasteiger partial charge in [0.15, 0.2) is 10.6 Å². The fourth-order valence-corrected chi connectivity index (χ4v) is 6.28. The molecule has 3 aromatic carbocycles. The molecule has 0 atom stereocenters. The van der Waals surface area contributed by atoms with Gasteiger partial charge in [0.25, 0.3) is 0 Å². The minimum Gasteiger partial charge on any atom is -0.508 e. The van der Waals surface area contributed by atoms with Crippen LogP contribution in [0.4, 0.5) is 14.5 Å². The van der Waals surface area contributed by atoms with Crippen LogP contribution in [0.15, 0.2) is 71.7 Å². The van der Waals surface area contributed by atoms with E-state index in [4.69, 9.17) is 17.3 Å². The van der Waals surface area contributed by atoms with Gasteiger partial charge in [0.05, 0.1) is 24.4 Å². The van der Waals surface area contributed by atoms with Crippen molar-refractivity contribution < 1.29 is 23.8 Å². The molecule has 0 spiro atoms. The lowest BCUT2D eigenvalue weighted by atomic mass is 10.1. The van der Waals surface area contributed by atoms with E-state index in [2.05, 4.69) is 4.90 Å². The van der Waals surface area contributed by atoms with Crippen LogP contribution in [-0.2, 0) is 13.2 Å². The summed E-state index contributed by atoms with van der Waals surface area (Å²) in [7, 11) is 0. The lowest BCUT2D eigenvalue weighted by Gasteiger charge is -2.36. The minimum atomic E-state index is -1.32. The highest BCUT2D eigenvalue weighted by Gasteiger charge is 2.29. The number of phenols is 1. The number of pyridine rings is 1. The Kier molecular flexibility index (Phi) is 7.65. The largest absolute Gasteiger partial charge is 0.508 e. The van der Waals surface area contributed by atoms with Gasteiger partial charge in [-0.1, -0.05) is 24.3 Å². The molecular weight excluding hydrogens is 614 g/mol. The minimum absolute atomic E-state index is 0.0693. The lowest BCUT2D eigenvalue weighted by Crippen LogP contribution is -2.47. The van der Waals surface area contributed by atoms with Gasteiger partial charge in [-0.2, -0.15) is 5.10 Å². The summed E-state index contributed by atoms with van der Waals surface area (Å²) in [5.74, 6) is -1.56. The number of nitrogens with zero attached hydrogens (tertiary/aromatic N) is 6. The molecule has 0 amide bonds. The van der Waals surface area contributed by atoms with E-state index in [1.54, 1.807) is 45.6 Å².